The Hall–Kier alpha value is -2.41. The fourth-order valence-electron chi connectivity index (χ4n) is 2.59. The van der Waals surface area contributed by atoms with Crippen LogP contribution < -0.4 is 15.4 Å². The van der Waals surface area contributed by atoms with Crippen molar-refractivity contribution in [2.24, 2.45) is 5.92 Å². The van der Waals surface area contributed by atoms with Crippen LogP contribution in [-0.2, 0) is 16.0 Å². The highest BCUT2D eigenvalue weighted by atomic mass is 32.1. The lowest BCUT2D eigenvalue weighted by Gasteiger charge is -2.20. The smallest absolute Gasteiger partial charge is 0.231 e. The number of hydrogen-bond donors (Lipinski definition) is 2. The Morgan fingerprint density at radius 3 is 3.12 bits per heavy atom. The number of benzene rings is 1. The average molecular weight is 345 g/mol. The second kappa shape index (κ2) is 7.44. The van der Waals surface area contributed by atoms with Crippen molar-refractivity contribution in [3.63, 3.8) is 0 Å². The molecule has 1 aliphatic heterocycles. The highest BCUT2D eigenvalue weighted by Crippen LogP contribution is 2.24. The molecule has 1 fully saturated rings. The number of carbonyl (C=O) groups is 2. The summed E-state index contributed by atoms with van der Waals surface area (Å²) in [5, 5.41) is 6.16. The van der Waals surface area contributed by atoms with Gasteiger partial charge in [0, 0.05) is 30.5 Å². The summed E-state index contributed by atoms with van der Waals surface area (Å²) in [6.45, 7) is 0.396. The number of nitrogens with zero attached hydrogens (tertiary/aromatic N) is 1. The van der Waals surface area contributed by atoms with Gasteiger partial charge >= 0.3 is 0 Å². The number of piperidine rings is 1. The molecule has 2 N–H and O–H groups in total. The Kier molecular flexibility index (Phi) is 5.10. The first-order valence-corrected chi connectivity index (χ1v) is 8.61. The molecule has 1 atom stereocenters. The first kappa shape index (κ1) is 16.4. The van der Waals surface area contributed by atoms with Gasteiger partial charge < -0.3 is 15.4 Å². The topological polar surface area (TPSA) is 80.3 Å². The zero-order valence-corrected chi connectivity index (χ0v) is 14.2. The molecule has 24 heavy (non-hydrogen) atoms. The molecule has 0 spiro atoms. The summed E-state index contributed by atoms with van der Waals surface area (Å²) in [6, 6.07) is 7.88. The zero-order chi connectivity index (χ0) is 16.9. The molecule has 2 heterocycles. The molecule has 1 aromatic carbocycles. The van der Waals surface area contributed by atoms with E-state index < -0.39 is 0 Å². The second-order valence-electron chi connectivity index (χ2n) is 5.69. The van der Waals surface area contributed by atoms with Crippen molar-refractivity contribution in [3.8, 4) is 5.75 Å². The lowest BCUT2D eigenvalue weighted by Crippen LogP contribution is -2.40. The molecule has 1 aliphatic rings. The largest absolute Gasteiger partial charge is 0.497 e. The zero-order valence-electron chi connectivity index (χ0n) is 13.4. The van der Waals surface area contributed by atoms with Gasteiger partial charge in [0.05, 0.1) is 13.0 Å². The van der Waals surface area contributed by atoms with Crippen LogP contribution in [0.1, 0.15) is 23.3 Å². The van der Waals surface area contributed by atoms with Crippen LogP contribution in [0, 0.1) is 5.92 Å². The fraction of sp³-hybridized carbons (Fsp3) is 0.353. The molecule has 0 unspecified atom stereocenters. The SMILES string of the molecule is COc1cccc(Cc2cnc(NC(=O)[C@@H]3CCC(=O)NC3)s2)c1. The van der Waals surface area contributed by atoms with Gasteiger partial charge in [-0.2, -0.15) is 0 Å². The molecule has 3 rings (SSSR count). The Morgan fingerprint density at radius 2 is 2.38 bits per heavy atom. The van der Waals surface area contributed by atoms with E-state index in [1.165, 1.54) is 11.3 Å². The van der Waals surface area contributed by atoms with E-state index in [4.69, 9.17) is 4.74 Å². The lowest BCUT2D eigenvalue weighted by molar-refractivity contribution is -0.126. The molecule has 2 amide bonds. The van der Waals surface area contributed by atoms with Crippen LogP contribution in [0.2, 0.25) is 0 Å². The van der Waals surface area contributed by atoms with Gasteiger partial charge in [0.2, 0.25) is 11.8 Å². The first-order chi connectivity index (χ1) is 11.6. The minimum Gasteiger partial charge on any atom is -0.497 e. The Bertz CT molecular complexity index is 734. The fourth-order valence-corrected chi connectivity index (χ4v) is 3.44. The third-order valence-corrected chi connectivity index (χ3v) is 4.85. The number of anilines is 1. The molecule has 0 aliphatic carbocycles. The van der Waals surface area contributed by atoms with Gasteiger partial charge in [0.15, 0.2) is 5.13 Å². The number of hydrogen-bond acceptors (Lipinski definition) is 5. The normalized spacial score (nSPS) is 17.2. The van der Waals surface area contributed by atoms with E-state index in [1.807, 2.05) is 24.3 Å². The molecule has 7 heteroatoms. The van der Waals surface area contributed by atoms with Gasteiger partial charge in [-0.25, -0.2) is 4.98 Å². The van der Waals surface area contributed by atoms with Gasteiger partial charge in [-0.15, -0.1) is 11.3 Å². The molecule has 0 bridgehead atoms. The number of methoxy groups -OCH3 is 1. The van der Waals surface area contributed by atoms with E-state index in [0.29, 0.717) is 24.5 Å². The van der Waals surface area contributed by atoms with Crippen LogP contribution in [0.3, 0.4) is 0 Å². The van der Waals surface area contributed by atoms with E-state index in [2.05, 4.69) is 15.6 Å². The van der Waals surface area contributed by atoms with Gasteiger partial charge in [0.25, 0.3) is 0 Å². The van der Waals surface area contributed by atoms with Crippen molar-refractivity contribution in [1.82, 2.24) is 10.3 Å². The number of ether oxygens (including phenoxy) is 1. The molecule has 0 radical (unpaired) electrons. The summed E-state index contributed by atoms with van der Waals surface area (Å²) in [7, 11) is 1.65. The Labute approximate surface area is 144 Å². The number of rotatable bonds is 5. The molecule has 0 saturated carbocycles. The first-order valence-electron chi connectivity index (χ1n) is 7.79. The standard InChI is InChI=1S/C17H19N3O3S/c1-23-13-4-2-3-11(7-13)8-14-10-19-17(24-14)20-16(22)12-5-6-15(21)18-9-12/h2-4,7,10,12H,5-6,8-9H2,1H3,(H,18,21)(H,19,20,22)/t12-/m1/s1. The maximum atomic E-state index is 12.2. The Morgan fingerprint density at radius 1 is 1.50 bits per heavy atom. The molecule has 2 aromatic rings. The summed E-state index contributed by atoms with van der Waals surface area (Å²) in [6.07, 6.45) is 3.50. The maximum absolute atomic E-state index is 12.2. The second-order valence-corrected chi connectivity index (χ2v) is 6.80. The summed E-state index contributed by atoms with van der Waals surface area (Å²) >= 11 is 1.46. The van der Waals surface area contributed by atoms with E-state index in [9.17, 15) is 9.59 Å². The van der Waals surface area contributed by atoms with Gasteiger partial charge in [-0.1, -0.05) is 12.1 Å². The molecule has 1 saturated heterocycles. The summed E-state index contributed by atoms with van der Waals surface area (Å²) in [4.78, 5) is 28.7. The van der Waals surface area contributed by atoms with Crippen LogP contribution in [0.15, 0.2) is 30.5 Å². The molecule has 126 valence electrons. The Balaban J connectivity index is 1.59. The van der Waals surface area contributed by atoms with E-state index in [1.54, 1.807) is 13.3 Å². The monoisotopic (exact) mass is 345 g/mol. The van der Waals surface area contributed by atoms with Crippen LogP contribution in [0.4, 0.5) is 5.13 Å². The van der Waals surface area contributed by atoms with Crippen molar-refractivity contribution in [1.29, 1.82) is 0 Å². The van der Waals surface area contributed by atoms with E-state index >= 15 is 0 Å². The lowest BCUT2D eigenvalue weighted by atomic mass is 9.98. The number of aromatic nitrogens is 1. The van der Waals surface area contributed by atoms with Crippen molar-refractivity contribution >= 4 is 28.3 Å². The minimum atomic E-state index is -0.187. The highest BCUT2D eigenvalue weighted by Gasteiger charge is 2.25. The third kappa shape index (κ3) is 4.11. The summed E-state index contributed by atoms with van der Waals surface area (Å²) < 4.78 is 5.23. The van der Waals surface area contributed by atoms with Crippen molar-refractivity contribution in [2.75, 3.05) is 19.0 Å². The third-order valence-electron chi connectivity index (χ3n) is 3.93. The van der Waals surface area contributed by atoms with Crippen LogP contribution >= 0.6 is 11.3 Å². The molecular weight excluding hydrogens is 326 g/mol. The molecular formula is C17H19N3O3S. The van der Waals surface area contributed by atoms with Crippen molar-refractivity contribution in [2.45, 2.75) is 19.3 Å². The number of amides is 2. The summed E-state index contributed by atoms with van der Waals surface area (Å²) in [5.74, 6) is 0.560. The maximum Gasteiger partial charge on any atom is 0.231 e. The van der Waals surface area contributed by atoms with Gasteiger partial charge in [-0.05, 0) is 24.1 Å². The predicted octanol–water partition coefficient (Wildman–Crippen LogP) is 2.21. The van der Waals surface area contributed by atoms with E-state index in [-0.39, 0.29) is 17.7 Å². The molecule has 1 aromatic heterocycles. The van der Waals surface area contributed by atoms with E-state index in [0.717, 1.165) is 22.6 Å². The van der Waals surface area contributed by atoms with Crippen LogP contribution in [-0.4, -0.2) is 30.5 Å². The van der Waals surface area contributed by atoms with Crippen LogP contribution in [0.5, 0.6) is 5.75 Å². The molecule has 6 nitrogen and oxygen atoms in total. The number of nitrogens with one attached hydrogen (secondary N) is 2. The highest BCUT2D eigenvalue weighted by molar-refractivity contribution is 7.15. The quantitative estimate of drug-likeness (QED) is 0.871. The van der Waals surface area contributed by atoms with Crippen LogP contribution in [0.25, 0.3) is 0 Å². The van der Waals surface area contributed by atoms with Gasteiger partial charge in [-0.3, -0.25) is 9.59 Å². The predicted molar refractivity (Wildman–Crippen MR) is 92.3 cm³/mol. The average Bonchev–Trinajstić information content (AvgIpc) is 3.02. The summed E-state index contributed by atoms with van der Waals surface area (Å²) in [5.41, 5.74) is 1.13. The van der Waals surface area contributed by atoms with Crippen molar-refractivity contribution < 1.29 is 14.3 Å². The van der Waals surface area contributed by atoms with Gasteiger partial charge in [0.1, 0.15) is 5.75 Å². The number of thiazole rings is 1. The van der Waals surface area contributed by atoms with Crippen molar-refractivity contribution in [3.05, 3.63) is 40.9 Å². The number of carbonyl (C=O) groups excluding carboxylic acids is 2. The minimum absolute atomic E-state index is 0.00822.